The van der Waals surface area contributed by atoms with Crippen molar-refractivity contribution >= 4 is 38.4 Å². The first-order valence-electron chi connectivity index (χ1n) is 7.07. The normalized spacial score (nSPS) is 10.9. The molecule has 0 saturated carbocycles. The Labute approximate surface area is 151 Å². The molecule has 4 nitrogen and oxygen atoms in total. The Morgan fingerprint density at radius 1 is 1.21 bits per heavy atom. The Kier molecular flexibility index (Phi) is 4.87. The van der Waals surface area contributed by atoms with Crippen molar-refractivity contribution in [2.75, 3.05) is 7.11 Å². The number of hydrogen-bond donors (Lipinski definition) is 0. The molecule has 0 spiro atoms. The number of benzene rings is 2. The molecule has 124 valence electrons. The van der Waals surface area contributed by atoms with Crippen molar-refractivity contribution in [1.29, 1.82) is 0 Å². The smallest absolute Gasteiger partial charge is 0.226 e. The SMILES string of the molecule is COc1ccc(COc2nc(Cl)nc3c(F)c(Br)c(C)cc23)cc1. The van der Waals surface area contributed by atoms with Gasteiger partial charge in [0.15, 0.2) is 5.82 Å². The largest absolute Gasteiger partial charge is 0.497 e. The summed E-state index contributed by atoms with van der Waals surface area (Å²) < 4.78 is 25.6. The van der Waals surface area contributed by atoms with Crippen molar-refractivity contribution in [3.63, 3.8) is 0 Å². The van der Waals surface area contributed by atoms with Crippen molar-refractivity contribution in [3.05, 3.63) is 57.0 Å². The first kappa shape index (κ1) is 16.9. The second-order valence-electron chi connectivity index (χ2n) is 5.15. The number of aromatic nitrogens is 2. The van der Waals surface area contributed by atoms with E-state index in [9.17, 15) is 4.39 Å². The van der Waals surface area contributed by atoms with E-state index in [1.54, 1.807) is 20.1 Å². The fourth-order valence-electron chi connectivity index (χ4n) is 2.26. The van der Waals surface area contributed by atoms with Gasteiger partial charge in [0, 0.05) is 0 Å². The van der Waals surface area contributed by atoms with Crippen molar-refractivity contribution < 1.29 is 13.9 Å². The molecule has 24 heavy (non-hydrogen) atoms. The summed E-state index contributed by atoms with van der Waals surface area (Å²) >= 11 is 9.12. The summed E-state index contributed by atoms with van der Waals surface area (Å²) in [4.78, 5) is 8.06. The number of methoxy groups -OCH3 is 1. The molecule has 0 saturated heterocycles. The maximum Gasteiger partial charge on any atom is 0.226 e. The minimum atomic E-state index is -0.483. The molecule has 0 aliphatic rings. The van der Waals surface area contributed by atoms with Crippen LogP contribution in [0.5, 0.6) is 11.6 Å². The van der Waals surface area contributed by atoms with E-state index in [1.165, 1.54) is 0 Å². The molecule has 0 aliphatic carbocycles. The molecule has 3 rings (SSSR count). The second kappa shape index (κ2) is 6.91. The first-order valence-corrected chi connectivity index (χ1v) is 8.24. The van der Waals surface area contributed by atoms with Gasteiger partial charge in [0.1, 0.15) is 17.9 Å². The van der Waals surface area contributed by atoms with Crippen molar-refractivity contribution in [2.45, 2.75) is 13.5 Å². The zero-order chi connectivity index (χ0) is 17.3. The topological polar surface area (TPSA) is 44.2 Å². The average Bonchev–Trinajstić information content (AvgIpc) is 2.59. The number of hydrogen-bond acceptors (Lipinski definition) is 4. The molecule has 0 fully saturated rings. The van der Waals surface area contributed by atoms with Crippen LogP contribution in [-0.4, -0.2) is 17.1 Å². The summed E-state index contributed by atoms with van der Waals surface area (Å²) in [5.74, 6) is 0.524. The molecule has 2 aromatic carbocycles. The standard InChI is InChI=1S/C17H13BrClFN2O2/c1-9-7-12-15(14(20)13(9)18)21-17(19)22-16(12)24-8-10-3-5-11(23-2)6-4-10/h3-7H,8H2,1-2H3. The Bertz CT molecular complexity index is 903. The Morgan fingerprint density at radius 3 is 2.58 bits per heavy atom. The molecule has 0 atom stereocenters. The lowest BCUT2D eigenvalue weighted by Gasteiger charge is -2.11. The molecule has 0 amide bonds. The van der Waals surface area contributed by atoms with Gasteiger partial charge in [0.25, 0.3) is 0 Å². The molecular weight excluding hydrogens is 399 g/mol. The van der Waals surface area contributed by atoms with Gasteiger partial charge in [-0.25, -0.2) is 9.37 Å². The zero-order valence-electron chi connectivity index (χ0n) is 12.9. The van der Waals surface area contributed by atoms with E-state index < -0.39 is 5.82 Å². The van der Waals surface area contributed by atoms with Crippen molar-refractivity contribution in [1.82, 2.24) is 9.97 Å². The summed E-state index contributed by atoms with van der Waals surface area (Å²) in [6.45, 7) is 2.05. The summed E-state index contributed by atoms with van der Waals surface area (Å²) in [5, 5.41) is 0.410. The fraction of sp³-hybridized carbons (Fsp3) is 0.176. The predicted octanol–water partition coefficient (Wildman–Crippen LogP) is 5.08. The van der Waals surface area contributed by atoms with Gasteiger partial charge in [-0.05, 0) is 63.8 Å². The minimum Gasteiger partial charge on any atom is -0.497 e. The van der Waals surface area contributed by atoms with Gasteiger partial charge in [-0.3, -0.25) is 0 Å². The number of fused-ring (bicyclic) bond motifs is 1. The summed E-state index contributed by atoms with van der Waals surface area (Å²) in [6, 6.07) is 9.20. The third-order valence-corrected chi connectivity index (χ3v) is 4.67. The Balaban J connectivity index is 1.96. The van der Waals surface area contributed by atoms with Crippen molar-refractivity contribution in [2.24, 2.45) is 0 Å². The molecule has 0 N–H and O–H groups in total. The van der Waals surface area contributed by atoms with Crippen LogP contribution in [0, 0.1) is 12.7 Å². The van der Waals surface area contributed by atoms with Crippen LogP contribution in [0.15, 0.2) is 34.8 Å². The highest BCUT2D eigenvalue weighted by Crippen LogP contribution is 2.32. The monoisotopic (exact) mass is 410 g/mol. The lowest BCUT2D eigenvalue weighted by molar-refractivity contribution is 0.297. The molecule has 0 unspecified atom stereocenters. The molecular formula is C17H13BrClFN2O2. The molecule has 1 aromatic heterocycles. The van der Waals surface area contributed by atoms with Crippen LogP contribution in [0.25, 0.3) is 10.9 Å². The van der Waals surface area contributed by atoms with Crippen LogP contribution in [0.3, 0.4) is 0 Å². The van der Waals surface area contributed by atoms with Crippen molar-refractivity contribution in [3.8, 4) is 11.6 Å². The van der Waals surface area contributed by atoms with Gasteiger partial charge in [-0.2, -0.15) is 4.98 Å². The summed E-state index contributed by atoms with van der Waals surface area (Å²) in [7, 11) is 1.61. The van der Waals surface area contributed by atoms with Crippen LogP contribution in [0.1, 0.15) is 11.1 Å². The summed E-state index contributed by atoms with van der Waals surface area (Å²) in [6.07, 6.45) is 0. The van der Waals surface area contributed by atoms with Gasteiger partial charge in [0.2, 0.25) is 11.2 Å². The fourth-order valence-corrected chi connectivity index (χ4v) is 2.72. The molecule has 0 aliphatic heterocycles. The van der Waals surface area contributed by atoms with E-state index >= 15 is 0 Å². The van der Waals surface area contributed by atoms with Crippen LogP contribution < -0.4 is 9.47 Å². The quantitative estimate of drug-likeness (QED) is 0.562. The highest BCUT2D eigenvalue weighted by molar-refractivity contribution is 9.10. The van der Waals surface area contributed by atoms with Gasteiger partial charge in [-0.1, -0.05) is 12.1 Å². The third-order valence-electron chi connectivity index (χ3n) is 3.53. The van der Waals surface area contributed by atoms with Crippen LogP contribution in [-0.2, 0) is 6.61 Å². The minimum absolute atomic E-state index is 0.0677. The van der Waals surface area contributed by atoms with E-state index in [4.69, 9.17) is 21.1 Å². The van der Waals surface area contributed by atoms with E-state index in [-0.39, 0.29) is 23.3 Å². The van der Waals surface area contributed by atoms with E-state index in [1.807, 2.05) is 24.3 Å². The van der Waals surface area contributed by atoms with Gasteiger partial charge >= 0.3 is 0 Å². The molecule has 7 heteroatoms. The number of ether oxygens (including phenoxy) is 2. The zero-order valence-corrected chi connectivity index (χ0v) is 15.3. The van der Waals surface area contributed by atoms with Gasteiger partial charge in [0.05, 0.1) is 17.0 Å². The Hall–Kier alpha value is -1.92. The number of halogens is 3. The number of nitrogens with zero attached hydrogens (tertiary/aromatic N) is 2. The number of rotatable bonds is 4. The molecule has 0 radical (unpaired) electrons. The van der Waals surface area contributed by atoms with E-state index in [0.717, 1.165) is 16.9 Å². The highest BCUT2D eigenvalue weighted by Gasteiger charge is 2.16. The summed E-state index contributed by atoms with van der Waals surface area (Å²) in [5.41, 5.74) is 1.77. The van der Waals surface area contributed by atoms with Crippen LogP contribution >= 0.6 is 27.5 Å². The predicted molar refractivity (Wildman–Crippen MR) is 94.3 cm³/mol. The Morgan fingerprint density at radius 2 is 1.92 bits per heavy atom. The molecule has 1 heterocycles. The number of aryl methyl sites for hydroxylation is 1. The first-order chi connectivity index (χ1) is 11.5. The highest BCUT2D eigenvalue weighted by atomic mass is 79.9. The second-order valence-corrected chi connectivity index (χ2v) is 6.28. The van der Waals surface area contributed by atoms with E-state index in [2.05, 4.69) is 25.9 Å². The molecule has 0 bridgehead atoms. The maximum absolute atomic E-state index is 14.4. The van der Waals surface area contributed by atoms with Crippen LogP contribution in [0.2, 0.25) is 5.28 Å². The maximum atomic E-state index is 14.4. The lowest BCUT2D eigenvalue weighted by atomic mass is 10.1. The third kappa shape index (κ3) is 3.30. The average molecular weight is 412 g/mol. The lowest BCUT2D eigenvalue weighted by Crippen LogP contribution is -2.01. The van der Waals surface area contributed by atoms with Gasteiger partial charge < -0.3 is 9.47 Å². The van der Waals surface area contributed by atoms with E-state index in [0.29, 0.717) is 9.86 Å². The van der Waals surface area contributed by atoms with Crippen LogP contribution in [0.4, 0.5) is 4.39 Å². The van der Waals surface area contributed by atoms with Gasteiger partial charge in [-0.15, -0.1) is 0 Å². The molecule has 3 aromatic rings.